The summed E-state index contributed by atoms with van der Waals surface area (Å²) < 4.78 is 22.5. The number of hydrogen-bond donors (Lipinski definition) is 2. The van der Waals surface area contributed by atoms with E-state index in [0.29, 0.717) is 19.5 Å². The van der Waals surface area contributed by atoms with Crippen LogP contribution in [0.3, 0.4) is 0 Å². The molecule has 26 heavy (non-hydrogen) atoms. The number of nitrogens with two attached hydrogens (primary N) is 1. The van der Waals surface area contributed by atoms with E-state index in [0.717, 1.165) is 16.8 Å². The minimum atomic E-state index is -3.66. The second-order valence-corrected chi connectivity index (χ2v) is 7.65. The van der Waals surface area contributed by atoms with Crippen LogP contribution in [0, 0.1) is 6.92 Å². The van der Waals surface area contributed by atoms with E-state index < -0.39 is 10.0 Å². The fraction of sp³-hybridized carbons (Fsp3) is 0.316. The first kappa shape index (κ1) is 20.1. The molecule has 2 aromatic carbocycles. The number of sulfonamides is 1. The average molecular weight is 375 g/mol. The van der Waals surface area contributed by atoms with Gasteiger partial charge in [-0.25, -0.2) is 13.6 Å². The first-order valence-corrected chi connectivity index (χ1v) is 10.1. The van der Waals surface area contributed by atoms with Crippen LogP contribution < -0.4 is 15.4 Å². The van der Waals surface area contributed by atoms with E-state index in [4.69, 9.17) is 5.14 Å². The van der Waals surface area contributed by atoms with Gasteiger partial charge in [-0.1, -0.05) is 24.3 Å². The number of nitrogens with one attached hydrogen (secondary N) is 1. The molecule has 0 saturated carbocycles. The summed E-state index contributed by atoms with van der Waals surface area (Å²) in [7, 11) is -3.66. The zero-order chi connectivity index (χ0) is 19.2. The minimum absolute atomic E-state index is 0.0164. The number of hydrogen-bond acceptors (Lipinski definition) is 4. The molecule has 3 N–H and O–H groups in total. The van der Waals surface area contributed by atoms with Crippen LogP contribution in [-0.2, 0) is 21.2 Å². The molecule has 0 aliphatic carbocycles. The van der Waals surface area contributed by atoms with E-state index in [2.05, 4.69) is 5.32 Å². The lowest BCUT2D eigenvalue weighted by Gasteiger charge is -2.21. The van der Waals surface area contributed by atoms with E-state index >= 15 is 0 Å². The monoisotopic (exact) mass is 375 g/mol. The van der Waals surface area contributed by atoms with Gasteiger partial charge in [0.2, 0.25) is 15.9 Å². The Morgan fingerprint density at radius 1 is 1.15 bits per heavy atom. The van der Waals surface area contributed by atoms with Gasteiger partial charge in [-0.15, -0.1) is 0 Å². The Morgan fingerprint density at radius 2 is 1.85 bits per heavy atom. The normalized spacial score (nSPS) is 11.3. The molecule has 1 amide bonds. The van der Waals surface area contributed by atoms with Crippen molar-refractivity contribution in [2.75, 3.05) is 24.5 Å². The molecule has 0 bridgehead atoms. The van der Waals surface area contributed by atoms with Crippen molar-refractivity contribution in [2.24, 2.45) is 5.14 Å². The van der Waals surface area contributed by atoms with Crippen molar-refractivity contribution < 1.29 is 13.2 Å². The van der Waals surface area contributed by atoms with Crippen LogP contribution in [-0.4, -0.2) is 34.0 Å². The number of benzene rings is 2. The lowest BCUT2D eigenvalue weighted by atomic mass is 10.1. The third-order valence-electron chi connectivity index (χ3n) is 4.05. The van der Waals surface area contributed by atoms with Crippen LogP contribution in [0.15, 0.2) is 53.4 Å². The van der Waals surface area contributed by atoms with Gasteiger partial charge in [0.05, 0.1) is 11.4 Å². The number of carbonyl (C=O) groups is 1. The Kier molecular flexibility index (Phi) is 6.90. The molecule has 0 spiro atoms. The number of anilines is 1. The van der Waals surface area contributed by atoms with Gasteiger partial charge in [0.15, 0.2) is 0 Å². The number of primary sulfonamides is 1. The summed E-state index contributed by atoms with van der Waals surface area (Å²) in [5, 5.41) is 8.22. The molecule has 0 saturated heterocycles. The van der Waals surface area contributed by atoms with Crippen LogP contribution in [0.25, 0.3) is 0 Å². The summed E-state index contributed by atoms with van der Waals surface area (Å²) in [5.74, 6) is 0.0164. The Balaban J connectivity index is 1.84. The quantitative estimate of drug-likeness (QED) is 0.689. The molecule has 7 heteroatoms. The second kappa shape index (κ2) is 8.93. The lowest BCUT2D eigenvalue weighted by molar-refractivity contribution is -0.117. The molecular weight excluding hydrogens is 350 g/mol. The van der Waals surface area contributed by atoms with Gasteiger partial charge >= 0.3 is 0 Å². The van der Waals surface area contributed by atoms with Gasteiger partial charge < -0.3 is 10.2 Å². The van der Waals surface area contributed by atoms with E-state index in [1.54, 1.807) is 17.0 Å². The van der Waals surface area contributed by atoms with E-state index in [-0.39, 0.29) is 17.3 Å². The van der Waals surface area contributed by atoms with Gasteiger partial charge in [0, 0.05) is 12.2 Å². The molecule has 0 fully saturated rings. The maximum atomic E-state index is 12.4. The molecule has 0 aromatic heterocycles. The zero-order valence-corrected chi connectivity index (χ0v) is 15.9. The van der Waals surface area contributed by atoms with Gasteiger partial charge in [-0.05, 0) is 62.2 Å². The van der Waals surface area contributed by atoms with Crippen molar-refractivity contribution in [1.29, 1.82) is 0 Å². The predicted molar refractivity (Wildman–Crippen MR) is 104 cm³/mol. The second-order valence-electron chi connectivity index (χ2n) is 6.09. The Bertz CT molecular complexity index is 849. The van der Waals surface area contributed by atoms with E-state index in [1.807, 2.05) is 38.1 Å². The van der Waals surface area contributed by atoms with Crippen molar-refractivity contribution >= 4 is 21.6 Å². The van der Waals surface area contributed by atoms with E-state index in [9.17, 15) is 13.2 Å². The van der Waals surface area contributed by atoms with Crippen molar-refractivity contribution in [3.8, 4) is 0 Å². The van der Waals surface area contributed by atoms with Gasteiger partial charge in [-0.2, -0.15) is 0 Å². The SMILES string of the molecule is CCN(C(=O)CNCCc1ccc(S(N)(=O)=O)cc1)c1cccc(C)c1. The Hall–Kier alpha value is -2.22. The average Bonchev–Trinajstić information content (AvgIpc) is 2.59. The van der Waals surface area contributed by atoms with Crippen LogP contribution in [0.4, 0.5) is 5.69 Å². The predicted octanol–water partition coefficient (Wildman–Crippen LogP) is 1.83. The minimum Gasteiger partial charge on any atom is -0.312 e. The standard InChI is InChI=1S/C19H25N3O3S/c1-3-22(17-6-4-5-15(2)13-17)19(23)14-21-12-11-16-7-9-18(10-8-16)26(20,24)25/h4-10,13,21H,3,11-12,14H2,1-2H3,(H2,20,24,25). The third-order valence-corrected chi connectivity index (χ3v) is 4.98. The number of amides is 1. The fourth-order valence-corrected chi connectivity index (χ4v) is 3.18. The van der Waals surface area contributed by atoms with Crippen LogP contribution >= 0.6 is 0 Å². The smallest absolute Gasteiger partial charge is 0.240 e. The molecule has 140 valence electrons. The van der Waals surface area contributed by atoms with Crippen LogP contribution in [0.5, 0.6) is 0 Å². The summed E-state index contributed by atoms with van der Waals surface area (Å²) in [4.78, 5) is 14.3. The Morgan fingerprint density at radius 3 is 2.42 bits per heavy atom. The molecule has 0 unspecified atom stereocenters. The molecule has 0 radical (unpaired) electrons. The van der Waals surface area contributed by atoms with Gasteiger partial charge in [0.1, 0.15) is 0 Å². The molecular formula is C19H25N3O3S. The highest BCUT2D eigenvalue weighted by atomic mass is 32.2. The maximum absolute atomic E-state index is 12.4. The molecule has 6 nitrogen and oxygen atoms in total. The van der Waals surface area contributed by atoms with Gasteiger partial charge in [-0.3, -0.25) is 4.79 Å². The maximum Gasteiger partial charge on any atom is 0.240 e. The molecule has 0 atom stereocenters. The summed E-state index contributed by atoms with van der Waals surface area (Å²) in [6.45, 7) is 5.43. The van der Waals surface area contributed by atoms with Crippen molar-refractivity contribution in [2.45, 2.75) is 25.2 Å². The molecule has 2 aromatic rings. The van der Waals surface area contributed by atoms with Crippen molar-refractivity contribution in [3.63, 3.8) is 0 Å². The molecule has 0 aliphatic heterocycles. The number of rotatable bonds is 8. The number of likely N-dealkylation sites (N-methyl/N-ethyl adjacent to an activating group) is 1. The topological polar surface area (TPSA) is 92.5 Å². The first-order valence-electron chi connectivity index (χ1n) is 8.50. The highest BCUT2D eigenvalue weighted by Gasteiger charge is 2.13. The summed E-state index contributed by atoms with van der Waals surface area (Å²) in [6, 6.07) is 14.3. The number of carbonyl (C=O) groups excluding carboxylic acids is 1. The fourth-order valence-electron chi connectivity index (χ4n) is 2.67. The summed E-state index contributed by atoms with van der Waals surface area (Å²) in [6.07, 6.45) is 0.689. The highest BCUT2D eigenvalue weighted by Crippen LogP contribution is 2.15. The molecule has 0 aliphatic rings. The number of nitrogens with zero attached hydrogens (tertiary/aromatic N) is 1. The highest BCUT2D eigenvalue weighted by molar-refractivity contribution is 7.89. The molecule has 0 heterocycles. The zero-order valence-electron chi connectivity index (χ0n) is 15.1. The van der Waals surface area contributed by atoms with Crippen molar-refractivity contribution in [3.05, 3.63) is 59.7 Å². The number of aryl methyl sites for hydroxylation is 1. The van der Waals surface area contributed by atoms with Gasteiger partial charge in [0.25, 0.3) is 0 Å². The van der Waals surface area contributed by atoms with E-state index in [1.165, 1.54) is 12.1 Å². The first-order chi connectivity index (χ1) is 12.3. The summed E-state index contributed by atoms with van der Waals surface area (Å²) >= 11 is 0. The third kappa shape index (κ3) is 5.66. The van der Waals surface area contributed by atoms with Crippen molar-refractivity contribution in [1.82, 2.24) is 5.32 Å². The molecule has 2 rings (SSSR count). The summed E-state index contributed by atoms with van der Waals surface area (Å²) in [5.41, 5.74) is 2.99. The Labute approximate surface area is 155 Å². The lowest BCUT2D eigenvalue weighted by Crippen LogP contribution is -2.38. The van der Waals surface area contributed by atoms with Crippen LogP contribution in [0.2, 0.25) is 0 Å². The van der Waals surface area contributed by atoms with Crippen LogP contribution in [0.1, 0.15) is 18.1 Å². The largest absolute Gasteiger partial charge is 0.312 e.